The van der Waals surface area contributed by atoms with Gasteiger partial charge in [-0.25, -0.2) is 0 Å². The minimum Gasteiger partial charge on any atom is -0.497 e. The van der Waals surface area contributed by atoms with Gasteiger partial charge in [0.2, 0.25) is 0 Å². The van der Waals surface area contributed by atoms with Crippen LogP contribution in [0, 0.1) is 5.92 Å². The smallest absolute Gasteiger partial charge is 0.193 e. The molecule has 1 fully saturated rings. The lowest BCUT2D eigenvalue weighted by Crippen LogP contribution is -2.37. The number of hydrogen-bond donors (Lipinski definition) is 2. The van der Waals surface area contributed by atoms with E-state index in [1.54, 1.807) is 7.11 Å². The third-order valence-electron chi connectivity index (χ3n) is 4.22. The Bertz CT molecular complexity index is 509. The van der Waals surface area contributed by atoms with Crippen LogP contribution in [0.2, 0.25) is 0 Å². The molecule has 2 rings (SSSR count). The van der Waals surface area contributed by atoms with Crippen LogP contribution in [0.25, 0.3) is 0 Å². The van der Waals surface area contributed by atoms with Crippen LogP contribution in [0.4, 0.5) is 5.69 Å². The lowest BCUT2D eigenvalue weighted by atomic mass is 10.0. The van der Waals surface area contributed by atoms with Crippen molar-refractivity contribution in [3.8, 4) is 5.75 Å². The molecule has 0 amide bonds. The van der Waals surface area contributed by atoms with Crippen molar-refractivity contribution in [3.63, 3.8) is 0 Å². The lowest BCUT2D eigenvalue weighted by molar-refractivity contribution is 0.218. The minimum absolute atomic E-state index is 0.464. The highest BCUT2D eigenvalue weighted by molar-refractivity contribution is 5.92. The van der Waals surface area contributed by atoms with Gasteiger partial charge in [-0.05, 0) is 50.4 Å². The number of guanidine groups is 1. The van der Waals surface area contributed by atoms with Crippen LogP contribution in [-0.2, 0) is 0 Å². The SMILES string of the molecule is COc1cccc(NC(N)=NCC(CC(C)C)N2CCCC2)c1. The van der Waals surface area contributed by atoms with Crippen LogP contribution >= 0.6 is 0 Å². The molecule has 0 saturated carbocycles. The molecule has 23 heavy (non-hydrogen) atoms. The summed E-state index contributed by atoms with van der Waals surface area (Å²) in [4.78, 5) is 7.13. The molecule has 1 saturated heterocycles. The number of nitrogens with one attached hydrogen (secondary N) is 1. The van der Waals surface area contributed by atoms with Gasteiger partial charge in [-0.2, -0.15) is 0 Å². The molecule has 1 aliphatic rings. The fourth-order valence-corrected chi connectivity index (χ4v) is 3.08. The van der Waals surface area contributed by atoms with E-state index in [1.165, 1.54) is 25.9 Å². The molecule has 3 N–H and O–H groups in total. The molecule has 5 heteroatoms. The Hall–Kier alpha value is -1.75. The average Bonchev–Trinajstić information content (AvgIpc) is 3.05. The van der Waals surface area contributed by atoms with Crippen molar-refractivity contribution >= 4 is 11.6 Å². The number of ether oxygens (including phenoxy) is 1. The molecule has 128 valence electrons. The highest BCUT2D eigenvalue weighted by atomic mass is 16.5. The summed E-state index contributed by atoms with van der Waals surface area (Å²) in [5, 5.41) is 3.15. The van der Waals surface area contributed by atoms with Crippen LogP contribution in [-0.4, -0.2) is 43.6 Å². The lowest BCUT2D eigenvalue weighted by Gasteiger charge is -2.27. The van der Waals surface area contributed by atoms with Gasteiger partial charge < -0.3 is 15.8 Å². The number of anilines is 1. The first-order chi connectivity index (χ1) is 11.1. The van der Waals surface area contributed by atoms with Crippen molar-refractivity contribution in [1.82, 2.24) is 4.90 Å². The second-order valence-corrected chi connectivity index (χ2v) is 6.61. The van der Waals surface area contributed by atoms with E-state index in [4.69, 9.17) is 10.5 Å². The number of likely N-dealkylation sites (tertiary alicyclic amines) is 1. The van der Waals surface area contributed by atoms with E-state index in [2.05, 4.69) is 29.1 Å². The zero-order valence-electron chi connectivity index (χ0n) is 14.6. The van der Waals surface area contributed by atoms with Gasteiger partial charge in [-0.3, -0.25) is 9.89 Å². The van der Waals surface area contributed by atoms with Gasteiger partial charge in [-0.1, -0.05) is 19.9 Å². The van der Waals surface area contributed by atoms with Gasteiger partial charge in [0.1, 0.15) is 5.75 Å². The average molecular weight is 318 g/mol. The molecule has 0 aromatic heterocycles. The quantitative estimate of drug-likeness (QED) is 0.599. The predicted octanol–water partition coefficient (Wildman–Crippen LogP) is 2.93. The van der Waals surface area contributed by atoms with Crippen LogP contribution in [0.3, 0.4) is 0 Å². The first kappa shape index (κ1) is 17.6. The predicted molar refractivity (Wildman–Crippen MR) is 97.2 cm³/mol. The van der Waals surface area contributed by atoms with Crippen molar-refractivity contribution in [2.45, 2.75) is 39.2 Å². The van der Waals surface area contributed by atoms with E-state index >= 15 is 0 Å². The third-order valence-corrected chi connectivity index (χ3v) is 4.22. The zero-order chi connectivity index (χ0) is 16.7. The highest BCUT2D eigenvalue weighted by Crippen LogP contribution is 2.19. The number of benzene rings is 1. The Morgan fingerprint density at radius 1 is 1.35 bits per heavy atom. The first-order valence-corrected chi connectivity index (χ1v) is 8.53. The first-order valence-electron chi connectivity index (χ1n) is 8.53. The summed E-state index contributed by atoms with van der Waals surface area (Å²) in [6, 6.07) is 8.19. The number of nitrogens with two attached hydrogens (primary N) is 1. The molecule has 1 unspecified atom stereocenters. The number of rotatable bonds is 7. The standard InChI is InChI=1S/C18H30N4O/c1-14(2)11-16(22-9-4-5-10-22)13-20-18(19)21-15-7-6-8-17(12-15)23-3/h6-8,12,14,16H,4-5,9-11,13H2,1-3H3,(H3,19,20,21). The summed E-state index contributed by atoms with van der Waals surface area (Å²) in [6.45, 7) is 7.67. The summed E-state index contributed by atoms with van der Waals surface area (Å²) in [5.41, 5.74) is 6.95. The number of nitrogens with zero attached hydrogens (tertiary/aromatic N) is 2. The Balaban J connectivity index is 1.94. The van der Waals surface area contributed by atoms with Gasteiger partial charge in [0.15, 0.2) is 5.96 Å². The van der Waals surface area contributed by atoms with Gasteiger partial charge in [0.25, 0.3) is 0 Å². The molecule has 1 aromatic rings. The van der Waals surface area contributed by atoms with Crippen LogP contribution in [0.1, 0.15) is 33.1 Å². The summed E-state index contributed by atoms with van der Waals surface area (Å²) in [5.74, 6) is 1.94. The second-order valence-electron chi connectivity index (χ2n) is 6.61. The van der Waals surface area contributed by atoms with Gasteiger partial charge in [0, 0.05) is 17.8 Å². The molecular formula is C18H30N4O. The van der Waals surface area contributed by atoms with Crippen LogP contribution in [0.15, 0.2) is 29.3 Å². The Morgan fingerprint density at radius 2 is 2.09 bits per heavy atom. The molecule has 1 atom stereocenters. The maximum Gasteiger partial charge on any atom is 0.193 e. The molecule has 0 radical (unpaired) electrons. The fraction of sp³-hybridized carbons (Fsp3) is 0.611. The third kappa shape index (κ3) is 5.75. The topological polar surface area (TPSA) is 62.9 Å². The molecule has 1 aliphatic heterocycles. The van der Waals surface area contributed by atoms with Gasteiger partial charge in [-0.15, -0.1) is 0 Å². The van der Waals surface area contributed by atoms with Crippen molar-refractivity contribution in [2.24, 2.45) is 16.6 Å². The Morgan fingerprint density at radius 3 is 2.74 bits per heavy atom. The molecule has 0 aliphatic carbocycles. The zero-order valence-corrected chi connectivity index (χ0v) is 14.6. The molecule has 0 spiro atoms. The second kappa shape index (κ2) is 8.77. The molecule has 1 aromatic carbocycles. The van der Waals surface area contributed by atoms with E-state index in [1.807, 2.05) is 24.3 Å². The van der Waals surface area contributed by atoms with Crippen molar-refractivity contribution in [1.29, 1.82) is 0 Å². The monoisotopic (exact) mass is 318 g/mol. The van der Waals surface area contributed by atoms with E-state index in [9.17, 15) is 0 Å². The summed E-state index contributed by atoms with van der Waals surface area (Å²) in [6.07, 6.45) is 3.77. The van der Waals surface area contributed by atoms with Gasteiger partial charge >= 0.3 is 0 Å². The Labute approximate surface area is 139 Å². The molecule has 0 bridgehead atoms. The molecule has 1 heterocycles. The van der Waals surface area contributed by atoms with E-state index < -0.39 is 0 Å². The number of methoxy groups -OCH3 is 1. The van der Waals surface area contributed by atoms with E-state index in [0.717, 1.165) is 24.4 Å². The van der Waals surface area contributed by atoms with Crippen molar-refractivity contribution in [2.75, 3.05) is 32.1 Å². The van der Waals surface area contributed by atoms with Crippen molar-refractivity contribution < 1.29 is 4.74 Å². The van der Waals surface area contributed by atoms with Crippen LogP contribution in [0.5, 0.6) is 5.75 Å². The number of aliphatic imine (C=N–C) groups is 1. The van der Waals surface area contributed by atoms with E-state index in [-0.39, 0.29) is 0 Å². The summed E-state index contributed by atoms with van der Waals surface area (Å²) >= 11 is 0. The van der Waals surface area contributed by atoms with E-state index in [0.29, 0.717) is 17.9 Å². The minimum atomic E-state index is 0.464. The van der Waals surface area contributed by atoms with Crippen LogP contribution < -0.4 is 15.8 Å². The maximum absolute atomic E-state index is 6.05. The summed E-state index contributed by atoms with van der Waals surface area (Å²) < 4.78 is 5.22. The molecule has 5 nitrogen and oxygen atoms in total. The number of hydrogen-bond acceptors (Lipinski definition) is 3. The molecular weight excluding hydrogens is 288 g/mol. The van der Waals surface area contributed by atoms with Gasteiger partial charge in [0.05, 0.1) is 13.7 Å². The van der Waals surface area contributed by atoms with Crippen molar-refractivity contribution in [3.05, 3.63) is 24.3 Å². The fourth-order valence-electron chi connectivity index (χ4n) is 3.08. The highest BCUT2D eigenvalue weighted by Gasteiger charge is 2.22. The largest absolute Gasteiger partial charge is 0.497 e. The maximum atomic E-state index is 6.05. The normalized spacial score (nSPS) is 17.5. The Kier molecular flexibility index (Phi) is 6.71. The summed E-state index contributed by atoms with van der Waals surface area (Å²) in [7, 11) is 1.66.